The van der Waals surface area contributed by atoms with Crippen molar-refractivity contribution in [3.8, 4) is 61.4 Å². The Balaban J connectivity index is 0.000000162. The number of methoxy groups -OCH3 is 3. The first kappa shape index (κ1) is 82.2. The SMILES string of the molecule is C.C.C.COC(OC)C1=N/C(=C\c2[nH]ccc2-c2ccc(C)cc2)C(C)(C)C1.COc1c2nc(cc3[nH]c(cc4nc(cc5[nH]c1cc5-c1ccc(C)cc1)C(C)(C)C4)cc3-c1ccc(C)cc1)C(C)(C)C2.Cc1ccc(-c2cc3cc4nc(cc5[nH]c(cc6nc(cc2[nH]3)C(C)(C)C6)cc5-c2ccc(C)cc2)C(C)(C)C4)cc1. The summed E-state index contributed by atoms with van der Waals surface area (Å²) in [5.41, 5.74) is 37.4. The molecule has 7 aromatic heterocycles. The van der Waals surface area contributed by atoms with E-state index < -0.39 is 0 Å². The molecule has 13 heteroatoms. The number of H-pyrrole nitrogens is 5. The molecule has 114 heavy (non-hydrogen) atoms. The quantitative estimate of drug-likeness (QED) is 0.0849. The molecule has 13 nitrogen and oxygen atoms in total. The summed E-state index contributed by atoms with van der Waals surface area (Å²) in [7, 11) is 5.03. The van der Waals surface area contributed by atoms with Crippen molar-refractivity contribution >= 4 is 55.9 Å². The van der Waals surface area contributed by atoms with Gasteiger partial charge in [-0.2, -0.15) is 0 Å². The predicted molar refractivity (Wildman–Crippen MR) is 479 cm³/mol. The molecule has 0 unspecified atom stereocenters. The third-order valence-corrected chi connectivity index (χ3v) is 22.7. The fourth-order valence-corrected chi connectivity index (χ4v) is 16.2. The van der Waals surface area contributed by atoms with Gasteiger partial charge in [0.05, 0.1) is 24.0 Å². The molecule has 16 bridgehead atoms. The van der Waals surface area contributed by atoms with Gasteiger partial charge in [0, 0.05) is 197 Å². The second kappa shape index (κ2) is 32.3. The predicted octanol–water partition coefficient (Wildman–Crippen LogP) is 25.4. The molecule has 5 aliphatic heterocycles. The van der Waals surface area contributed by atoms with Crippen LogP contribution in [0.2, 0.25) is 0 Å². The third kappa shape index (κ3) is 17.2. The molecule has 0 aliphatic carbocycles. The minimum Gasteiger partial charge on any atom is -0.493 e. The number of fused-ring (bicyclic) bond motifs is 16. The van der Waals surface area contributed by atoms with Gasteiger partial charge in [-0.15, -0.1) is 0 Å². The van der Waals surface area contributed by atoms with Crippen LogP contribution in [0.15, 0.2) is 211 Å². The lowest BCUT2D eigenvalue weighted by atomic mass is 9.86. The van der Waals surface area contributed by atoms with Crippen LogP contribution >= 0.6 is 0 Å². The molecule has 0 spiro atoms. The average molecular weight is 1520 g/mol. The van der Waals surface area contributed by atoms with Gasteiger partial charge in [0.25, 0.3) is 0 Å². The number of nitrogens with one attached hydrogen (secondary N) is 5. The topological polar surface area (TPSA) is 171 Å². The van der Waals surface area contributed by atoms with Crippen molar-refractivity contribution in [1.82, 2.24) is 44.9 Å². The summed E-state index contributed by atoms with van der Waals surface area (Å²) in [6, 6.07) is 70.3. The van der Waals surface area contributed by atoms with E-state index in [-0.39, 0.29) is 55.6 Å². The van der Waals surface area contributed by atoms with Crippen molar-refractivity contribution in [2.24, 2.45) is 10.4 Å². The molecule has 5 aromatic carbocycles. The minimum absolute atomic E-state index is 0. The van der Waals surface area contributed by atoms with Crippen LogP contribution in [0, 0.1) is 40.0 Å². The van der Waals surface area contributed by atoms with Gasteiger partial charge in [-0.3, -0.25) is 24.9 Å². The number of aromatic amines is 5. The number of benzene rings is 5. The number of nitrogens with zero attached hydrogens (tertiary/aromatic N) is 5. The normalized spacial score (nSPS) is 15.6. The fourth-order valence-electron chi connectivity index (χ4n) is 16.2. The van der Waals surface area contributed by atoms with Crippen LogP contribution in [0.25, 0.3) is 106 Å². The molecular formula is C101H116N10O3. The molecule has 0 saturated heterocycles. The van der Waals surface area contributed by atoms with Crippen molar-refractivity contribution < 1.29 is 14.2 Å². The first-order chi connectivity index (χ1) is 52.9. The van der Waals surface area contributed by atoms with E-state index in [1.807, 2.05) is 6.20 Å². The van der Waals surface area contributed by atoms with Crippen LogP contribution in [-0.4, -0.2) is 78.2 Å². The molecule has 12 aromatic rings. The van der Waals surface area contributed by atoms with E-state index >= 15 is 0 Å². The Kier molecular flexibility index (Phi) is 23.3. The van der Waals surface area contributed by atoms with E-state index in [9.17, 15) is 0 Å². The Morgan fingerprint density at radius 3 is 1.02 bits per heavy atom. The zero-order valence-electron chi connectivity index (χ0n) is 67.7. The monoisotopic (exact) mass is 1520 g/mol. The second-order valence-electron chi connectivity index (χ2n) is 34.5. The van der Waals surface area contributed by atoms with Crippen molar-refractivity contribution in [2.75, 3.05) is 21.3 Å². The number of aryl methyl sites for hydroxylation is 5. The largest absolute Gasteiger partial charge is 0.493 e. The number of hydrogen-bond donors (Lipinski definition) is 5. The Labute approximate surface area is 675 Å². The summed E-state index contributed by atoms with van der Waals surface area (Å²) in [6.45, 7) is 33.2. The Hall–Kier alpha value is -11.3. The summed E-state index contributed by atoms with van der Waals surface area (Å²) in [5.74, 6) is 0.778. The zero-order chi connectivity index (χ0) is 78.1. The molecule has 17 rings (SSSR count). The zero-order valence-corrected chi connectivity index (χ0v) is 67.7. The summed E-state index contributed by atoms with van der Waals surface area (Å²) >= 11 is 0. The molecule has 0 saturated carbocycles. The molecule has 0 amide bonds. The van der Waals surface area contributed by atoms with E-state index in [0.717, 1.165) is 161 Å². The van der Waals surface area contributed by atoms with E-state index in [2.05, 4.69) is 329 Å². The van der Waals surface area contributed by atoms with Crippen LogP contribution in [0.3, 0.4) is 0 Å². The molecule has 5 aliphatic rings. The van der Waals surface area contributed by atoms with E-state index in [0.29, 0.717) is 0 Å². The second-order valence-corrected chi connectivity index (χ2v) is 34.5. The van der Waals surface area contributed by atoms with Crippen LogP contribution in [0.5, 0.6) is 5.75 Å². The smallest absolute Gasteiger partial charge is 0.196 e. The van der Waals surface area contributed by atoms with Gasteiger partial charge < -0.3 is 39.1 Å². The van der Waals surface area contributed by atoms with Gasteiger partial charge >= 0.3 is 0 Å². The molecule has 12 heterocycles. The number of rotatable bonds is 10. The molecule has 588 valence electrons. The van der Waals surface area contributed by atoms with Gasteiger partial charge in [0.1, 0.15) is 0 Å². The molecule has 0 fully saturated rings. The van der Waals surface area contributed by atoms with Crippen molar-refractivity contribution in [1.29, 1.82) is 0 Å². The molecule has 0 atom stereocenters. The highest BCUT2D eigenvalue weighted by Crippen LogP contribution is 2.44. The van der Waals surface area contributed by atoms with Crippen molar-refractivity contribution in [3.63, 3.8) is 0 Å². The number of allylic oxidation sites excluding steroid dienone is 1. The van der Waals surface area contributed by atoms with Crippen LogP contribution in [0.4, 0.5) is 0 Å². The summed E-state index contributed by atoms with van der Waals surface area (Å²) in [4.78, 5) is 43.9. The lowest BCUT2D eigenvalue weighted by molar-refractivity contribution is -0.0532. The standard InChI is InChI=1S/C39H40N4O.C38H38N4.C21H26N2O2.3CH4/c1-23-8-12-25(13-9-23)29-17-27-16-28-21-38(3,4)35(41-28)20-32-30(26-14-10-24(2)11-15-26)18-33(42-32)37(44-7)34-22-39(5,6)36(43-34)19-31(29)40-27;1-23-7-11-25(12-8-23)31-17-27-15-29-21-38(5,6)36(42-29)20-34-32(26-13-9-24(2)10-14-26)18-28(40-34)16-30-22-37(3,4)35(41-30)19-33(31)39-27;1-14-6-8-15(9-7-14)16-10-11-22-17(16)12-19-21(2,3)13-18(23-19)20(24-4)25-5;;;/h8-20,40,42H,21-22H2,1-7H3;7-20,39-40H,21-22H2,1-6H3;6-12,20,22H,13H2,1-5H3;3*1H4/b;;19-12-;;;. The van der Waals surface area contributed by atoms with Crippen molar-refractivity contribution in [3.05, 3.63) is 285 Å². The Bertz CT molecular complexity index is 5800. The van der Waals surface area contributed by atoms with E-state index in [1.54, 1.807) is 21.3 Å². The minimum atomic E-state index is -0.384. The first-order valence-electron chi connectivity index (χ1n) is 38.9. The fraction of sp³-hybridized carbons (Fsp3) is 0.317. The van der Waals surface area contributed by atoms with Gasteiger partial charge in [0.2, 0.25) is 0 Å². The van der Waals surface area contributed by atoms with Gasteiger partial charge in [0.15, 0.2) is 12.0 Å². The van der Waals surface area contributed by atoms with Crippen LogP contribution in [-0.2, 0) is 56.8 Å². The summed E-state index contributed by atoms with van der Waals surface area (Å²) < 4.78 is 16.9. The lowest BCUT2D eigenvalue weighted by Gasteiger charge is -2.19. The number of hydrogen-bond acceptors (Lipinski definition) is 8. The lowest BCUT2D eigenvalue weighted by Crippen LogP contribution is -2.25. The van der Waals surface area contributed by atoms with Gasteiger partial charge in [-0.25, -0.2) is 0 Å². The number of aromatic nitrogens is 9. The highest BCUT2D eigenvalue weighted by atomic mass is 16.7. The molecule has 0 radical (unpaired) electrons. The maximum absolute atomic E-state index is 6.13. The third-order valence-electron chi connectivity index (χ3n) is 22.7. The summed E-state index contributed by atoms with van der Waals surface area (Å²) in [6.07, 6.45) is 7.96. The number of ether oxygens (including phenoxy) is 3. The van der Waals surface area contributed by atoms with Crippen LogP contribution in [0.1, 0.15) is 177 Å². The maximum Gasteiger partial charge on any atom is 0.196 e. The number of aliphatic imine (C=N–C) groups is 1. The first-order valence-corrected chi connectivity index (χ1v) is 38.9. The van der Waals surface area contributed by atoms with E-state index in [1.165, 1.54) is 66.8 Å². The highest BCUT2D eigenvalue weighted by molar-refractivity contribution is 5.94. The summed E-state index contributed by atoms with van der Waals surface area (Å²) in [5, 5.41) is 0. The van der Waals surface area contributed by atoms with Gasteiger partial charge in [-0.05, 0) is 141 Å². The van der Waals surface area contributed by atoms with E-state index in [4.69, 9.17) is 39.1 Å². The maximum atomic E-state index is 6.13. The van der Waals surface area contributed by atoms with Crippen LogP contribution < -0.4 is 4.74 Å². The Morgan fingerprint density at radius 1 is 0.342 bits per heavy atom. The van der Waals surface area contributed by atoms with Gasteiger partial charge in [-0.1, -0.05) is 241 Å². The Morgan fingerprint density at radius 2 is 0.667 bits per heavy atom. The highest BCUT2D eigenvalue weighted by Gasteiger charge is 2.37. The molecular weight excluding hydrogens is 1400 g/mol. The average Bonchev–Trinajstić information content (AvgIpc) is 1.62. The van der Waals surface area contributed by atoms with Crippen molar-refractivity contribution in [2.45, 2.75) is 186 Å². The molecule has 5 N–H and O–H groups in total.